The van der Waals surface area contributed by atoms with Crippen LogP contribution in [0.3, 0.4) is 0 Å². The number of nitrogens with zero attached hydrogens (tertiary/aromatic N) is 4. The van der Waals surface area contributed by atoms with Crippen LogP contribution in [-0.4, -0.2) is 69.6 Å². The molecule has 1 N–H and O–H groups in total. The topological polar surface area (TPSA) is 85.9 Å². The minimum atomic E-state index is -0.584. The number of fused-ring (bicyclic) bond motifs is 1. The smallest absolute Gasteiger partial charge is 0.255 e. The molecule has 200 valence electrons. The summed E-state index contributed by atoms with van der Waals surface area (Å²) in [7, 11) is 0. The van der Waals surface area contributed by atoms with Crippen molar-refractivity contribution in [3.63, 3.8) is 0 Å². The molecule has 3 aliphatic rings. The fourth-order valence-electron chi connectivity index (χ4n) is 5.79. The van der Waals surface area contributed by atoms with Gasteiger partial charge in [0.2, 0.25) is 11.8 Å². The largest absolute Gasteiger partial charge is 0.322 e. The molecular weight excluding hydrogens is 514 g/mol. The highest BCUT2D eigenvalue weighted by molar-refractivity contribution is 6.30. The molecule has 1 atom stereocenters. The van der Waals surface area contributed by atoms with E-state index in [1.54, 1.807) is 4.90 Å². The third-order valence-corrected chi connectivity index (χ3v) is 8.16. The maximum absolute atomic E-state index is 13.0. The van der Waals surface area contributed by atoms with Crippen LogP contribution in [0.2, 0.25) is 5.02 Å². The van der Waals surface area contributed by atoms with Crippen molar-refractivity contribution >= 4 is 29.3 Å². The summed E-state index contributed by atoms with van der Waals surface area (Å²) in [6.45, 7) is 5.89. The first-order chi connectivity index (χ1) is 18.9. The quantitative estimate of drug-likeness (QED) is 0.479. The van der Waals surface area contributed by atoms with Crippen LogP contribution < -0.4 is 5.32 Å². The van der Waals surface area contributed by atoms with Crippen LogP contribution >= 0.6 is 11.6 Å². The van der Waals surface area contributed by atoms with Gasteiger partial charge in [-0.2, -0.15) is 0 Å². The number of piperidine rings is 1. The molecule has 2 aromatic carbocycles. The van der Waals surface area contributed by atoms with Gasteiger partial charge in [-0.3, -0.25) is 34.5 Å². The monoisotopic (exact) mass is 543 g/mol. The standard InChI is InChI=1S/C30H30ClN5O3/c31-24-4-2-21(3-5-24)25-9-10-32-16-23(25)18-35-13-11-34(12-14-35)17-20-1-6-26-22(15-20)19-36(30(26)39)27-7-8-28(37)33-29(27)38/h1-6,9-10,15-16,27H,7-8,11-14,17-19H2,(H,33,37,38). The summed E-state index contributed by atoms with van der Waals surface area (Å²) >= 11 is 6.08. The first-order valence-corrected chi connectivity index (χ1v) is 13.7. The van der Waals surface area contributed by atoms with E-state index in [0.29, 0.717) is 18.5 Å². The number of carbonyl (C=O) groups is 3. The molecular formula is C30H30ClN5O3. The average molecular weight is 544 g/mol. The van der Waals surface area contributed by atoms with Crippen LogP contribution in [0, 0.1) is 0 Å². The van der Waals surface area contributed by atoms with E-state index in [4.69, 9.17) is 11.6 Å². The van der Waals surface area contributed by atoms with Crippen LogP contribution in [0.1, 0.15) is 39.9 Å². The number of benzene rings is 2. The summed E-state index contributed by atoms with van der Waals surface area (Å²) in [5, 5.41) is 3.09. The van der Waals surface area contributed by atoms with Gasteiger partial charge in [0, 0.05) is 75.2 Å². The molecule has 2 fully saturated rings. The Morgan fingerprint density at radius 2 is 1.64 bits per heavy atom. The fourth-order valence-corrected chi connectivity index (χ4v) is 5.92. The van der Waals surface area contributed by atoms with E-state index in [-0.39, 0.29) is 24.1 Å². The minimum Gasteiger partial charge on any atom is -0.322 e. The van der Waals surface area contributed by atoms with E-state index in [2.05, 4.69) is 32.2 Å². The molecule has 8 nitrogen and oxygen atoms in total. The third kappa shape index (κ3) is 5.45. The molecule has 4 heterocycles. The van der Waals surface area contributed by atoms with Gasteiger partial charge >= 0.3 is 0 Å². The van der Waals surface area contributed by atoms with Crippen molar-refractivity contribution in [1.82, 2.24) is 25.0 Å². The Morgan fingerprint density at radius 1 is 0.897 bits per heavy atom. The number of rotatable bonds is 6. The first kappa shape index (κ1) is 25.7. The second kappa shape index (κ2) is 10.9. The highest BCUT2D eigenvalue weighted by Gasteiger charge is 2.39. The second-order valence-corrected chi connectivity index (χ2v) is 10.9. The van der Waals surface area contributed by atoms with Gasteiger partial charge < -0.3 is 4.90 Å². The van der Waals surface area contributed by atoms with Gasteiger partial charge in [0.25, 0.3) is 5.91 Å². The number of amides is 3. The molecule has 3 aliphatic heterocycles. The zero-order valence-electron chi connectivity index (χ0n) is 21.6. The molecule has 0 saturated carbocycles. The summed E-state index contributed by atoms with van der Waals surface area (Å²) < 4.78 is 0. The van der Waals surface area contributed by atoms with Crippen molar-refractivity contribution in [3.05, 3.63) is 88.2 Å². The zero-order valence-corrected chi connectivity index (χ0v) is 22.4. The number of nitrogens with one attached hydrogen (secondary N) is 1. The zero-order chi connectivity index (χ0) is 26.9. The number of aromatic nitrogens is 1. The maximum atomic E-state index is 13.0. The van der Waals surface area contributed by atoms with Gasteiger partial charge in [-0.1, -0.05) is 35.9 Å². The third-order valence-electron chi connectivity index (χ3n) is 7.91. The molecule has 3 aromatic rings. The Hall–Kier alpha value is -3.59. The predicted octanol–water partition coefficient (Wildman–Crippen LogP) is 3.48. The maximum Gasteiger partial charge on any atom is 0.255 e. The van der Waals surface area contributed by atoms with Gasteiger partial charge in [-0.25, -0.2) is 0 Å². The normalized spacial score (nSPS) is 20.3. The van der Waals surface area contributed by atoms with Crippen LogP contribution in [0.5, 0.6) is 0 Å². The highest BCUT2D eigenvalue weighted by Crippen LogP contribution is 2.29. The number of piperazine rings is 1. The van der Waals surface area contributed by atoms with Crippen LogP contribution in [0.15, 0.2) is 60.9 Å². The Kier molecular flexibility index (Phi) is 7.16. The van der Waals surface area contributed by atoms with Crippen LogP contribution in [0.4, 0.5) is 0 Å². The lowest BCUT2D eigenvalue weighted by Gasteiger charge is -2.35. The average Bonchev–Trinajstić information content (AvgIpc) is 3.26. The van der Waals surface area contributed by atoms with Gasteiger partial charge in [0.05, 0.1) is 0 Å². The van der Waals surface area contributed by atoms with Crippen molar-refractivity contribution in [2.24, 2.45) is 0 Å². The van der Waals surface area contributed by atoms with Crippen molar-refractivity contribution in [2.75, 3.05) is 26.2 Å². The number of hydrogen-bond acceptors (Lipinski definition) is 6. The van der Waals surface area contributed by atoms with Crippen molar-refractivity contribution in [2.45, 2.75) is 38.5 Å². The number of hydrogen-bond donors (Lipinski definition) is 1. The molecule has 9 heteroatoms. The molecule has 3 amide bonds. The number of pyridine rings is 1. The fraction of sp³-hybridized carbons (Fsp3) is 0.333. The van der Waals surface area contributed by atoms with E-state index in [1.165, 1.54) is 11.1 Å². The molecule has 0 bridgehead atoms. The molecule has 1 unspecified atom stereocenters. The van der Waals surface area contributed by atoms with Crippen LogP contribution in [-0.2, 0) is 29.2 Å². The van der Waals surface area contributed by atoms with E-state index < -0.39 is 6.04 Å². The van der Waals surface area contributed by atoms with Crippen molar-refractivity contribution < 1.29 is 14.4 Å². The molecule has 2 saturated heterocycles. The van der Waals surface area contributed by atoms with Gasteiger partial charge in [0.15, 0.2) is 0 Å². The Balaban J connectivity index is 1.06. The summed E-state index contributed by atoms with van der Waals surface area (Å²) in [6.07, 6.45) is 4.43. The lowest BCUT2D eigenvalue weighted by molar-refractivity contribution is -0.136. The van der Waals surface area contributed by atoms with Crippen molar-refractivity contribution in [1.29, 1.82) is 0 Å². The van der Waals surface area contributed by atoms with Gasteiger partial charge in [-0.05, 0) is 58.5 Å². The van der Waals surface area contributed by atoms with Crippen molar-refractivity contribution in [3.8, 4) is 11.1 Å². The van der Waals surface area contributed by atoms with E-state index in [0.717, 1.165) is 61.0 Å². The number of halogens is 1. The molecule has 0 radical (unpaired) electrons. The molecule has 1 aromatic heterocycles. The Morgan fingerprint density at radius 3 is 2.38 bits per heavy atom. The summed E-state index contributed by atoms with van der Waals surface area (Å²) in [6, 6.07) is 15.4. The molecule has 0 spiro atoms. The molecule has 6 rings (SSSR count). The lowest BCUT2D eigenvalue weighted by atomic mass is 10.0. The van der Waals surface area contributed by atoms with Crippen LogP contribution in [0.25, 0.3) is 11.1 Å². The molecule has 39 heavy (non-hydrogen) atoms. The first-order valence-electron chi connectivity index (χ1n) is 13.3. The Labute approximate surface area is 232 Å². The number of carbonyl (C=O) groups excluding carboxylic acids is 3. The van der Waals surface area contributed by atoms with E-state index >= 15 is 0 Å². The lowest BCUT2D eigenvalue weighted by Crippen LogP contribution is -2.52. The van der Waals surface area contributed by atoms with E-state index in [1.807, 2.05) is 48.8 Å². The SMILES string of the molecule is O=C1CCC(N2Cc3cc(CN4CCN(Cc5cnccc5-c5ccc(Cl)cc5)CC4)ccc3C2=O)C(=O)N1. The Bertz CT molecular complexity index is 1420. The second-order valence-electron chi connectivity index (χ2n) is 10.5. The number of imide groups is 1. The summed E-state index contributed by atoms with van der Waals surface area (Å²) in [5.74, 6) is -0.782. The van der Waals surface area contributed by atoms with Gasteiger partial charge in [0.1, 0.15) is 6.04 Å². The minimum absolute atomic E-state index is 0.131. The highest BCUT2D eigenvalue weighted by atomic mass is 35.5. The molecule has 0 aliphatic carbocycles. The van der Waals surface area contributed by atoms with E-state index in [9.17, 15) is 14.4 Å². The summed E-state index contributed by atoms with van der Waals surface area (Å²) in [5.41, 5.74) is 6.30. The summed E-state index contributed by atoms with van der Waals surface area (Å²) in [4.78, 5) is 47.7. The predicted molar refractivity (Wildman–Crippen MR) is 148 cm³/mol. The van der Waals surface area contributed by atoms with Gasteiger partial charge in [-0.15, -0.1) is 0 Å².